The molecule has 0 heterocycles. The Hall–Kier alpha value is -2.07. The molecule has 16 heavy (non-hydrogen) atoms. The fraction of sp³-hybridized carbons (Fsp3) is 0.444. The van der Waals surface area contributed by atoms with Crippen molar-refractivity contribution in [2.24, 2.45) is 11.5 Å². The lowest BCUT2D eigenvalue weighted by Crippen LogP contribution is -2.49. The van der Waals surface area contributed by atoms with Crippen LogP contribution in [-0.2, 0) is 14.4 Å². The van der Waals surface area contributed by atoms with Crippen LogP contribution in [0.15, 0.2) is 0 Å². The summed E-state index contributed by atoms with van der Waals surface area (Å²) >= 11 is 0. The van der Waals surface area contributed by atoms with Gasteiger partial charge in [0.2, 0.25) is 11.8 Å². The maximum Gasteiger partial charge on any atom is 0.326 e. The molecule has 0 saturated carbocycles. The standard InChI is InChI=1S/C9H13N3O4/c1-2-3-5(10)8(14)12-6(9(15)16)4-7(11)13/h1,5-6H,3-4,10H2,(H2,11,13)(H,12,14)(H,15,16)/t5?,6-/m1/s1. The normalized spacial score (nSPS) is 13.2. The number of aliphatic carboxylic acids is 1. The van der Waals surface area contributed by atoms with Crippen LogP contribution in [0.1, 0.15) is 12.8 Å². The summed E-state index contributed by atoms with van der Waals surface area (Å²) in [4.78, 5) is 32.5. The van der Waals surface area contributed by atoms with E-state index in [0.717, 1.165) is 0 Å². The Kier molecular flexibility index (Phi) is 5.59. The van der Waals surface area contributed by atoms with E-state index in [1.807, 2.05) is 0 Å². The molecule has 0 bridgehead atoms. The predicted molar refractivity (Wildman–Crippen MR) is 54.8 cm³/mol. The third kappa shape index (κ3) is 4.97. The van der Waals surface area contributed by atoms with E-state index in [2.05, 4.69) is 11.2 Å². The first kappa shape index (κ1) is 13.9. The molecule has 7 nitrogen and oxygen atoms in total. The first-order valence-electron chi connectivity index (χ1n) is 4.39. The van der Waals surface area contributed by atoms with Gasteiger partial charge < -0.3 is 21.9 Å². The highest BCUT2D eigenvalue weighted by Gasteiger charge is 2.24. The van der Waals surface area contributed by atoms with Gasteiger partial charge in [0.05, 0.1) is 12.5 Å². The average Bonchev–Trinajstić information content (AvgIpc) is 2.16. The molecule has 0 fully saturated rings. The number of nitrogens with two attached hydrogens (primary N) is 2. The first-order chi connectivity index (χ1) is 7.38. The molecule has 88 valence electrons. The largest absolute Gasteiger partial charge is 0.480 e. The van der Waals surface area contributed by atoms with Crippen molar-refractivity contribution in [2.45, 2.75) is 24.9 Å². The smallest absolute Gasteiger partial charge is 0.326 e. The van der Waals surface area contributed by atoms with Crippen molar-refractivity contribution in [1.82, 2.24) is 5.32 Å². The number of hydrogen-bond donors (Lipinski definition) is 4. The van der Waals surface area contributed by atoms with Crippen LogP contribution in [0, 0.1) is 12.3 Å². The Balaban J connectivity index is 4.41. The monoisotopic (exact) mass is 227 g/mol. The zero-order chi connectivity index (χ0) is 12.7. The number of primary amides is 1. The van der Waals surface area contributed by atoms with Gasteiger partial charge in [-0.05, 0) is 0 Å². The molecular formula is C9H13N3O4. The van der Waals surface area contributed by atoms with E-state index in [9.17, 15) is 14.4 Å². The highest BCUT2D eigenvalue weighted by molar-refractivity contribution is 5.90. The minimum absolute atomic E-state index is 0.0191. The van der Waals surface area contributed by atoms with E-state index >= 15 is 0 Å². The lowest BCUT2D eigenvalue weighted by atomic mass is 10.1. The van der Waals surface area contributed by atoms with Gasteiger partial charge in [-0.3, -0.25) is 9.59 Å². The highest BCUT2D eigenvalue weighted by Crippen LogP contribution is 1.94. The highest BCUT2D eigenvalue weighted by atomic mass is 16.4. The van der Waals surface area contributed by atoms with E-state index in [1.54, 1.807) is 0 Å². The Bertz CT molecular complexity index is 334. The van der Waals surface area contributed by atoms with Crippen LogP contribution in [0.5, 0.6) is 0 Å². The second-order valence-corrected chi connectivity index (χ2v) is 3.08. The van der Waals surface area contributed by atoms with Gasteiger partial charge in [0, 0.05) is 6.42 Å². The van der Waals surface area contributed by atoms with Crippen LogP contribution < -0.4 is 16.8 Å². The van der Waals surface area contributed by atoms with E-state index in [-0.39, 0.29) is 6.42 Å². The molecule has 0 aromatic carbocycles. The lowest BCUT2D eigenvalue weighted by Gasteiger charge is -2.15. The van der Waals surface area contributed by atoms with E-state index in [4.69, 9.17) is 23.0 Å². The van der Waals surface area contributed by atoms with Crippen molar-refractivity contribution < 1.29 is 19.5 Å². The zero-order valence-electron chi connectivity index (χ0n) is 8.47. The maximum atomic E-state index is 11.3. The molecule has 2 amide bonds. The van der Waals surface area contributed by atoms with E-state index in [0.29, 0.717) is 0 Å². The van der Waals surface area contributed by atoms with Gasteiger partial charge in [-0.15, -0.1) is 12.3 Å². The second-order valence-electron chi connectivity index (χ2n) is 3.08. The number of carbonyl (C=O) groups excluding carboxylic acids is 2. The fourth-order valence-corrected chi connectivity index (χ4v) is 0.900. The predicted octanol–water partition coefficient (Wildman–Crippen LogP) is -2.22. The fourth-order valence-electron chi connectivity index (χ4n) is 0.900. The zero-order valence-corrected chi connectivity index (χ0v) is 8.47. The Morgan fingerprint density at radius 3 is 2.38 bits per heavy atom. The van der Waals surface area contributed by atoms with Crippen LogP contribution in [0.25, 0.3) is 0 Å². The van der Waals surface area contributed by atoms with Crippen LogP contribution >= 0.6 is 0 Å². The number of hydrogen-bond acceptors (Lipinski definition) is 4. The molecule has 6 N–H and O–H groups in total. The summed E-state index contributed by atoms with van der Waals surface area (Å²) < 4.78 is 0. The van der Waals surface area contributed by atoms with Gasteiger partial charge in [0.1, 0.15) is 6.04 Å². The molecule has 0 rings (SSSR count). The molecule has 7 heteroatoms. The van der Waals surface area contributed by atoms with E-state index < -0.39 is 36.3 Å². The van der Waals surface area contributed by atoms with Gasteiger partial charge in [0.25, 0.3) is 0 Å². The SMILES string of the molecule is C#CCC(N)C(=O)N[C@H](CC(N)=O)C(=O)O. The van der Waals surface area contributed by atoms with Gasteiger partial charge in [0.15, 0.2) is 0 Å². The van der Waals surface area contributed by atoms with Crippen molar-refractivity contribution in [1.29, 1.82) is 0 Å². The Labute approximate surface area is 92.2 Å². The van der Waals surface area contributed by atoms with E-state index in [1.165, 1.54) is 0 Å². The number of nitrogens with one attached hydrogen (secondary N) is 1. The van der Waals surface area contributed by atoms with Crippen molar-refractivity contribution in [3.63, 3.8) is 0 Å². The summed E-state index contributed by atoms with van der Waals surface area (Å²) in [7, 11) is 0. The molecule has 1 unspecified atom stereocenters. The quantitative estimate of drug-likeness (QED) is 0.381. The molecule has 2 atom stereocenters. The average molecular weight is 227 g/mol. The van der Waals surface area contributed by atoms with Gasteiger partial charge in [-0.1, -0.05) is 0 Å². The molecular weight excluding hydrogens is 214 g/mol. The number of amides is 2. The van der Waals surface area contributed by atoms with Crippen LogP contribution in [0.3, 0.4) is 0 Å². The molecule has 0 spiro atoms. The Morgan fingerprint density at radius 1 is 1.44 bits per heavy atom. The second kappa shape index (κ2) is 6.42. The van der Waals surface area contributed by atoms with Gasteiger partial charge >= 0.3 is 5.97 Å². The number of carboxylic acids is 1. The summed E-state index contributed by atoms with van der Waals surface area (Å²) in [6.07, 6.45) is 4.42. The summed E-state index contributed by atoms with van der Waals surface area (Å²) in [6.45, 7) is 0. The number of carboxylic acid groups (broad SMARTS) is 1. The summed E-state index contributed by atoms with van der Waals surface area (Å²) in [5, 5.41) is 10.8. The molecule has 0 aromatic rings. The molecule has 0 aliphatic heterocycles. The third-order valence-corrected chi connectivity index (χ3v) is 1.69. The number of terminal acetylenes is 1. The Morgan fingerprint density at radius 2 is 2.00 bits per heavy atom. The van der Waals surface area contributed by atoms with Gasteiger partial charge in [-0.2, -0.15) is 0 Å². The minimum atomic E-state index is -1.38. The maximum absolute atomic E-state index is 11.3. The van der Waals surface area contributed by atoms with Crippen molar-refractivity contribution in [2.75, 3.05) is 0 Å². The third-order valence-electron chi connectivity index (χ3n) is 1.69. The van der Waals surface area contributed by atoms with Crippen LogP contribution in [-0.4, -0.2) is 35.0 Å². The van der Waals surface area contributed by atoms with Crippen LogP contribution in [0.4, 0.5) is 0 Å². The van der Waals surface area contributed by atoms with Crippen molar-refractivity contribution in [3.8, 4) is 12.3 Å². The summed E-state index contributed by atoms with van der Waals surface area (Å²) in [5.74, 6) is -0.759. The van der Waals surface area contributed by atoms with Crippen molar-refractivity contribution >= 4 is 17.8 Å². The first-order valence-corrected chi connectivity index (χ1v) is 4.39. The minimum Gasteiger partial charge on any atom is -0.480 e. The van der Waals surface area contributed by atoms with Gasteiger partial charge in [-0.25, -0.2) is 4.79 Å². The van der Waals surface area contributed by atoms with Crippen LogP contribution in [0.2, 0.25) is 0 Å². The number of carbonyl (C=O) groups is 3. The summed E-state index contributed by atoms with van der Waals surface area (Å²) in [5.41, 5.74) is 10.2. The van der Waals surface area contributed by atoms with Crippen molar-refractivity contribution in [3.05, 3.63) is 0 Å². The molecule has 0 aromatic heterocycles. The molecule has 0 radical (unpaired) electrons. The molecule has 0 aliphatic rings. The summed E-state index contributed by atoms with van der Waals surface area (Å²) in [6, 6.07) is -2.38. The molecule has 0 aliphatic carbocycles. The topological polar surface area (TPSA) is 136 Å². The number of rotatable bonds is 6. The molecule has 0 saturated heterocycles. The lowest BCUT2D eigenvalue weighted by molar-refractivity contribution is -0.143.